The van der Waals surface area contributed by atoms with Gasteiger partial charge in [-0.2, -0.15) is 4.39 Å². The number of aromatic nitrogens is 5. The first-order valence-corrected chi connectivity index (χ1v) is 9.09. The molecule has 4 aromatic rings. The molecule has 0 unspecified atom stereocenters. The van der Waals surface area contributed by atoms with Crippen LogP contribution in [0.5, 0.6) is 0 Å². The second kappa shape index (κ2) is 6.20. The van der Waals surface area contributed by atoms with Crippen molar-refractivity contribution in [2.24, 2.45) is 7.05 Å². The molecule has 0 N–H and O–H groups in total. The predicted octanol–water partition coefficient (Wildman–Crippen LogP) is 2.83. The van der Waals surface area contributed by atoms with Gasteiger partial charge in [-0.1, -0.05) is 6.07 Å². The predicted molar refractivity (Wildman–Crippen MR) is 103 cm³/mol. The van der Waals surface area contributed by atoms with E-state index in [1.165, 1.54) is 16.8 Å². The highest BCUT2D eigenvalue weighted by molar-refractivity contribution is 6.02. The van der Waals surface area contributed by atoms with Gasteiger partial charge in [0.25, 0.3) is 0 Å². The van der Waals surface area contributed by atoms with Gasteiger partial charge in [0.05, 0.1) is 11.6 Å². The molecule has 3 heterocycles. The number of imidazole rings is 1. The monoisotopic (exact) mass is 379 g/mol. The van der Waals surface area contributed by atoms with E-state index in [9.17, 15) is 9.18 Å². The SMILES string of the molecule is COC1CC(n2c(=O)n(C)c3nnc4ccc(-c5ccc(F)nc5)cc4c32)C1. The van der Waals surface area contributed by atoms with E-state index in [0.29, 0.717) is 11.2 Å². The lowest BCUT2D eigenvalue weighted by atomic mass is 9.89. The zero-order valence-corrected chi connectivity index (χ0v) is 15.5. The molecule has 0 amide bonds. The van der Waals surface area contributed by atoms with Gasteiger partial charge in [-0.3, -0.25) is 9.13 Å². The molecule has 1 aromatic carbocycles. The van der Waals surface area contributed by atoms with Gasteiger partial charge in [-0.15, -0.1) is 10.2 Å². The number of methoxy groups -OCH3 is 1. The summed E-state index contributed by atoms with van der Waals surface area (Å²) in [6.07, 6.45) is 3.26. The van der Waals surface area contributed by atoms with Crippen molar-refractivity contribution in [1.82, 2.24) is 24.3 Å². The van der Waals surface area contributed by atoms with Gasteiger partial charge in [0.1, 0.15) is 5.52 Å². The third-order valence-electron chi connectivity index (χ3n) is 5.60. The fourth-order valence-corrected chi connectivity index (χ4v) is 3.90. The quantitative estimate of drug-likeness (QED) is 0.512. The Kier molecular flexibility index (Phi) is 3.77. The van der Waals surface area contributed by atoms with Crippen molar-refractivity contribution < 1.29 is 9.13 Å². The molecule has 0 spiro atoms. The molecule has 1 fully saturated rings. The fraction of sp³-hybridized carbons (Fsp3) is 0.300. The number of rotatable bonds is 3. The minimum absolute atomic E-state index is 0.0738. The van der Waals surface area contributed by atoms with Gasteiger partial charge in [0.15, 0.2) is 5.65 Å². The molecule has 3 aromatic heterocycles. The van der Waals surface area contributed by atoms with Crippen LogP contribution >= 0.6 is 0 Å². The summed E-state index contributed by atoms with van der Waals surface area (Å²) < 4.78 is 21.9. The van der Waals surface area contributed by atoms with Crippen LogP contribution in [0.4, 0.5) is 4.39 Å². The molecule has 0 radical (unpaired) electrons. The van der Waals surface area contributed by atoms with Crippen molar-refractivity contribution in [2.45, 2.75) is 25.0 Å². The summed E-state index contributed by atoms with van der Waals surface area (Å²) in [5, 5.41) is 9.41. The van der Waals surface area contributed by atoms with Crippen molar-refractivity contribution in [2.75, 3.05) is 7.11 Å². The molecule has 1 saturated carbocycles. The van der Waals surface area contributed by atoms with Crippen LogP contribution in [0.2, 0.25) is 0 Å². The summed E-state index contributed by atoms with van der Waals surface area (Å²) in [5.41, 5.74) is 3.59. The van der Waals surface area contributed by atoms with Gasteiger partial charge < -0.3 is 4.74 Å². The smallest absolute Gasteiger partial charge is 0.330 e. The summed E-state index contributed by atoms with van der Waals surface area (Å²) in [7, 11) is 3.40. The van der Waals surface area contributed by atoms with E-state index in [2.05, 4.69) is 15.2 Å². The molecule has 5 rings (SSSR count). The van der Waals surface area contributed by atoms with E-state index in [0.717, 1.165) is 34.9 Å². The van der Waals surface area contributed by atoms with Crippen molar-refractivity contribution in [3.05, 3.63) is 53.0 Å². The maximum absolute atomic E-state index is 13.2. The number of fused-ring (bicyclic) bond motifs is 3. The summed E-state index contributed by atoms with van der Waals surface area (Å²) in [4.78, 5) is 16.7. The number of benzene rings is 1. The van der Waals surface area contributed by atoms with E-state index in [4.69, 9.17) is 4.74 Å². The van der Waals surface area contributed by atoms with Crippen LogP contribution in [0.15, 0.2) is 41.3 Å². The third kappa shape index (κ3) is 2.45. The number of hydrogen-bond donors (Lipinski definition) is 0. The van der Waals surface area contributed by atoms with E-state index < -0.39 is 5.95 Å². The normalized spacial score (nSPS) is 19.2. The Morgan fingerprint density at radius 2 is 1.93 bits per heavy atom. The first-order valence-electron chi connectivity index (χ1n) is 9.09. The molecule has 142 valence electrons. The standard InChI is InChI=1S/C20H18FN5O2/c1-25-19-18(26(20(25)27)13-8-14(9-13)28-2)15-7-11(3-5-16(15)23-24-19)12-4-6-17(21)22-10-12/h3-7,10,13-14H,8-9H2,1-2H3. The van der Waals surface area contributed by atoms with Crippen LogP contribution < -0.4 is 5.69 Å². The van der Waals surface area contributed by atoms with Crippen molar-refractivity contribution in [3.63, 3.8) is 0 Å². The van der Waals surface area contributed by atoms with E-state index in [1.807, 2.05) is 22.8 Å². The average molecular weight is 379 g/mol. The number of halogens is 1. The largest absolute Gasteiger partial charge is 0.381 e. The summed E-state index contributed by atoms with van der Waals surface area (Å²) in [6, 6.07) is 8.81. The topological polar surface area (TPSA) is 74.8 Å². The summed E-state index contributed by atoms with van der Waals surface area (Å²) in [5.74, 6) is -0.521. The van der Waals surface area contributed by atoms with Crippen molar-refractivity contribution in [1.29, 1.82) is 0 Å². The lowest BCUT2D eigenvalue weighted by Crippen LogP contribution is -2.37. The van der Waals surface area contributed by atoms with E-state index >= 15 is 0 Å². The number of pyridine rings is 1. The second-order valence-corrected chi connectivity index (χ2v) is 7.17. The van der Waals surface area contributed by atoms with E-state index in [1.54, 1.807) is 20.2 Å². The number of nitrogens with zero attached hydrogens (tertiary/aromatic N) is 5. The molecule has 8 heteroatoms. The Hall–Kier alpha value is -3.13. The first-order chi connectivity index (χ1) is 13.6. The van der Waals surface area contributed by atoms with Crippen LogP contribution in [-0.2, 0) is 11.8 Å². The van der Waals surface area contributed by atoms with Crippen LogP contribution in [0.25, 0.3) is 33.2 Å². The zero-order chi connectivity index (χ0) is 19.4. The third-order valence-corrected chi connectivity index (χ3v) is 5.60. The Morgan fingerprint density at radius 3 is 2.64 bits per heavy atom. The number of ether oxygens (including phenoxy) is 1. The molecule has 1 aliphatic carbocycles. The van der Waals surface area contributed by atoms with Gasteiger partial charge in [0.2, 0.25) is 5.95 Å². The van der Waals surface area contributed by atoms with E-state index in [-0.39, 0.29) is 17.8 Å². The van der Waals surface area contributed by atoms with Gasteiger partial charge in [-0.05, 0) is 42.7 Å². The van der Waals surface area contributed by atoms with Crippen LogP contribution in [0.3, 0.4) is 0 Å². The Bertz CT molecular complexity index is 1260. The highest BCUT2D eigenvalue weighted by Gasteiger charge is 2.34. The van der Waals surface area contributed by atoms with Crippen molar-refractivity contribution >= 4 is 22.1 Å². The lowest BCUT2D eigenvalue weighted by Gasteiger charge is -2.34. The lowest BCUT2D eigenvalue weighted by molar-refractivity contribution is 0.00635. The molecule has 1 aliphatic rings. The maximum Gasteiger partial charge on any atom is 0.330 e. The van der Waals surface area contributed by atoms with Gasteiger partial charge in [-0.25, -0.2) is 9.78 Å². The second-order valence-electron chi connectivity index (χ2n) is 7.17. The maximum atomic E-state index is 13.2. The molecule has 0 saturated heterocycles. The average Bonchev–Trinajstić information content (AvgIpc) is 2.93. The molecule has 0 atom stereocenters. The molecule has 0 aliphatic heterocycles. The highest BCUT2D eigenvalue weighted by atomic mass is 19.1. The molecule has 7 nitrogen and oxygen atoms in total. The number of hydrogen-bond acceptors (Lipinski definition) is 5. The highest BCUT2D eigenvalue weighted by Crippen LogP contribution is 2.37. The summed E-state index contributed by atoms with van der Waals surface area (Å²) in [6.45, 7) is 0. The van der Waals surface area contributed by atoms with Crippen molar-refractivity contribution in [3.8, 4) is 11.1 Å². The zero-order valence-electron chi connectivity index (χ0n) is 15.5. The first kappa shape index (κ1) is 17.0. The fourth-order valence-electron chi connectivity index (χ4n) is 3.90. The molecular formula is C20H18FN5O2. The Morgan fingerprint density at radius 1 is 1.14 bits per heavy atom. The Labute approximate surface area is 159 Å². The van der Waals surface area contributed by atoms with Crippen LogP contribution in [0.1, 0.15) is 18.9 Å². The molecule has 28 heavy (non-hydrogen) atoms. The van der Waals surface area contributed by atoms with Crippen LogP contribution in [0, 0.1) is 5.95 Å². The van der Waals surface area contributed by atoms with Gasteiger partial charge >= 0.3 is 5.69 Å². The summed E-state index contributed by atoms with van der Waals surface area (Å²) >= 11 is 0. The van der Waals surface area contributed by atoms with Crippen LogP contribution in [-0.4, -0.2) is 37.5 Å². The van der Waals surface area contributed by atoms with Gasteiger partial charge in [0, 0.05) is 37.3 Å². The number of aryl methyl sites for hydroxylation is 1. The molecule has 0 bridgehead atoms. The molecular weight excluding hydrogens is 361 g/mol. The minimum Gasteiger partial charge on any atom is -0.381 e. The minimum atomic E-state index is -0.521. The Balaban J connectivity index is 1.76.